The fourth-order valence-electron chi connectivity index (χ4n) is 2.67. The number of rotatable bonds is 2. The van der Waals surface area contributed by atoms with Crippen molar-refractivity contribution >= 4 is 5.69 Å². The molecule has 1 N–H and O–H groups in total. The van der Waals surface area contributed by atoms with Crippen molar-refractivity contribution < 1.29 is 0 Å². The monoisotopic (exact) mass is 238 g/mol. The number of nitrogens with zero attached hydrogens (tertiary/aromatic N) is 1. The van der Waals surface area contributed by atoms with Crippen LogP contribution in [0.3, 0.4) is 0 Å². The molecule has 1 heterocycles. The fraction of sp³-hybridized carbons (Fsp3) is 0.312. The molecular weight excluding hydrogens is 220 g/mol. The quantitative estimate of drug-likeness (QED) is 0.858. The van der Waals surface area contributed by atoms with Crippen LogP contribution < -0.4 is 5.32 Å². The molecule has 2 heteroatoms. The molecule has 1 aromatic carbocycles. The van der Waals surface area contributed by atoms with Gasteiger partial charge in [0.25, 0.3) is 0 Å². The molecule has 0 spiro atoms. The van der Waals surface area contributed by atoms with Gasteiger partial charge in [0.05, 0.1) is 11.7 Å². The van der Waals surface area contributed by atoms with E-state index >= 15 is 0 Å². The number of anilines is 1. The van der Waals surface area contributed by atoms with Crippen LogP contribution in [0.15, 0.2) is 42.6 Å². The molecule has 1 aliphatic rings. The first-order valence-electron chi connectivity index (χ1n) is 6.60. The van der Waals surface area contributed by atoms with Crippen molar-refractivity contribution in [2.24, 2.45) is 0 Å². The van der Waals surface area contributed by atoms with E-state index < -0.39 is 0 Å². The smallest absolute Gasteiger partial charge is 0.0688 e. The van der Waals surface area contributed by atoms with Gasteiger partial charge in [-0.05, 0) is 49.4 Å². The van der Waals surface area contributed by atoms with Crippen LogP contribution in [-0.2, 0) is 6.42 Å². The minimum absolute atomic E-state index is 0.357. The molecule has 1 aromatic heterocycles. The molecule has 0 amide bonds. The minimum Gasteiger partial charge on any atom is -0.376 e. The fourth-order valence-corrected chi connectivity index (χ4v) is 2.67. The highest BCUT2D eigenvalue weighted by molar-refractivity contribution is 5.52. The number of nitrogens with one attached hydrogen (secondary N) is 1. The van der Waals surface area contributed by atoms with Crippen LogP contribution in [0.4, 0.5) is 5.69 Å². The molecule has 0 aliphatic heterocycles. The lowest BCUT2D eigenvalue weighted by Crippen LogP contribution is -2.19. The first-order valence-corrected chi connectivity index (χ1v) is 6.60. The Balaban J connectivity index is 1.89. The maximum Gasteiger partial charge on any atom is 0.0688 e. The summed E-state index contributed by atoms with van der Waals surface area (Å²) in [6.07, 6.45) is 5.46. The van der Waals surface area contributed by atoms with Crippen molar-refractivity contribution in [3.8, 4) is 0 Å². The summed E-state index contributed by atoms with van der Waals surface area (Å²) in [4.78, 5) is 4.56. The number of pyridine rings is 1. The van der Waals surface area contributed by atoms with E-state index in [1.807, 2.05) is 12.3 Å². The van der Waals surface area contributed by atoms with Crippen molar-refractivity contribution in [1.82, 2.24) is 4.98 Å². The Morgan fingerprint density at radius 2 is 2.06 bits per heavy atom. The van der Waals surface area contributed by atoms with Gasteiger partial charge in [-0.25, -0.2) is 0 Å². The molecule has 2 nitrogen and oxygen atoms in total. The number of hydrogen-bond donors (Lipinski definition) is 1. The second kappa shape index (κ2) is 4.81. The van der Waals surface area contributed by atoms with Gasteiger partial charge >= 0.3 is 0 Å². The van der Waals surface area contributed by atoms with Gasteiger partial charge in [-0.2, -0.15) is 0 Å². The SMILES string of the molecule is Cc1ccccc1NC1CCCc2cccnc21. The predicted octanol–water partition coefficient (Wildman–Crippen LogP) is 3.88. The van der Waals surface area contributed by atoms with Crippen LogP contribution >= 0.6 is 0 Å². The number of hydrogen-bond acceptors (Lipinski definition) is 2. The van der Waals surface area contributed by atoms with Crippen LogP contribution in [-0.4, -0.2) is 4.98 Å². The zero-order chi connectivity index (χ0) is 12.4. The lowest BCUT2D eigenvalue weighted by molar-refractivity contribution is 0.583. The normalized spacial score (nSPS) is 18.2. The van der Waals surface area contributed by atoms with Gasteiger partial charge in [-0.1, -0.05) is 24.3 Å². The molecule has 92 valence electrons. The maximum absolute atomic E-state index is 4.56. The standard InChI is InChI=1S/C16H18N2/c1-12-6-2-3-9-14(12)18-15-10-4-7-13-8-5-11-17-16(13)15/h2-3,5-6,8-9,11,15,18H,4,7,10H2,1H3. The molecule has 1 aliphatic carbocycles. The second-order valence-electron chi connectivity index (χ2n) is 4.95. The Kier molecular flexibility index (Phi) is 3.01. The predicted molar refractivity (Wildman–Crippen MR) is 74.7 cm³/mol. The van der Waals surface area contributed by atoms with E-state index in [1.165, 1.54) is 35.3 Å². The zero-order valence-corrected chi connectivity index (χ0v) is 10.7. The number of benzene rings is 1. The molecular formula is C16H18N2. The summed E-state index contributed by atoms with van der Waals surface area (Å²) in [5.41, 5.74) is 5.14. The van der Waals surface area contributed by atoms with Gasteiger partial charge in [-0.3, -0.25) is 4.98 Å². The van der Waals surface area contributed by atoms with E-state index in [0.29, 0.717) is 6.04 Å². The summed E-state index contributed by atoms with van der Waals surface area (Å²) < 4.78 is 0. The third-order valence-electron chi connectivity index (χ3n) is 3.67. The molecule has 2 aromatic rings. The van der Waals surface area contributed by atoms with Crippen LogP contribution in [0.1, 0.15) is 35.7 Å². The van der Waals surface area contributed by atoms with Gasteiger partial charge in [0.2, 0.25) is 0 Å². The van der Waals surface area contributed by atoms with Gasteiger partial charge in [0, 0.05) is 11.9 Å². The van der Waals surface area contributed by atoms with E-state index in [2.05, 4.69) is 47.6 Å². The van der Waals surface area contributed by atoms with Crippen molar-refractivity contribution in [3.05, 3.63) is 59.4 Å². The highest BCUT2D eigenvalue weighted by Crippen LogP contribution is 2.31. The summed E-state index contributed by atoms with van der Waals surface area (Å²) in [6.45, 7) is 2.14. The van der Waals surface area contributed by atoms with Gasteiger partial charge in [0.1, 0.15) is 0 Å². The van der Waals surface area contributed by atoms with Crippen molar-refractivity contribution in [3.63, 3.8) is 0 Å². The van der Waals surface area contributed by atoms with Crippen molar-refractivity contribution in [1.29, 1.82) is 0 Å². The van der Waals surface area contributed by atoms with Crippen molar-refractivity contribution in [2.45, 2.75) is 32.2 Å². The Morgan fingerprint density at radius 1 is 1.17 bits per heavy atom. The van der Waals surface area contributed by atoms with Crippen LogP contribution in [0.25, 0.3) is 0 Å². The van der Waals surface area contributed by atoms with Crippen LogP contribution in [0.5, 0.6) is 0 Å². The second-order valence-corrected chi connectivity index (χ2v) is 4.95. The highest BCUT2D eigenvalue weighted by Gasteiger charge is 2.21. The molecule has 1 atom stereocenters. The Hall–Kier alpha value is -1.83. The topological polar surface area (TPSA) is 24.9 Å². The lowest BCUT2D eigenvalue weighted by Gasteiger charge is -2.26. The Labute approximate surface area is 108 Å². The van der Waals surface area contributed by atoms with Crippen molar-refractivity contribution in [2.75, 3.05) is 5.32 Å². The molecule has 3 rings (SSSR count). The molecule has 0 fully saturated rings. The summed E-state index contributed by atoms with van der Waals surface area (Å²) in [7, 11) is 0. The van der Waals surface area contributed by atoms with Gasteiger partial charge in [-0.15, -0.1) is 0 Å². The van der Waals surface area contributed by atoms with Gasteiger partial charge < -0.3 is 5.32 Å². The summed E-state index contributed by atoms with van der Waals surface area (Å²) in [5, 5.41) is 3.64. The number of aryl methyl sites for hydroxylation is 2. The van der Waals surface area contributed by atoms with Gasteiger partial charge in [0.15, 0.2) is 0 Å². The van der Waals surface area contributed by atoms with E-state index in [-0.39, 0.29) is 0 Å². The van der Waals surface area contributed by atoms with Crippen LogP contribution in [0.2, 0.25) is 0 Å². The third kappa shape index (κ3) is 2.10. The molecule has 0 radical (unpaired) electrons. The summed E-state index contributed by atoms with van der Waals surface area (Å²) in [6, 6.07) is 13.0. The van der Waals surface area contributed by atoms with E-state index in [1.54, 1.807) is 0 Å². The minimum atomic E-state index is 0.357. The first kappa shape index (κ1) is 11.3. The Morgan fingerprint density at radius 3 is 2.94 bits per heavy atom. The average Bonchev–Trinajstić information content (AvgIpc) is 2.42. The summed E-state index contributed by atoms with van der Waals surface area (Å²) >= 11 is 0. The number of fused-ring (bicyclic) bond motifs is 1. The molecule has 1 unspecified atom stereocenters. The average molecular weight is 238 g/mol. The Bertz CT molecular complexity index is 548. The van der Waals surface area contributed by atoms with E-state index in [4.69, 9.17) is 0 Å². The summed E-state index contributed by atoms with van der Waals surface area (Å²) in [5.74, 6) is 0. The lowest BCUT2D eigenvalue weighted by atomic mass is 9.91. The highest BCUT2D eigenvalue weighted by atomic mass is 15.0. The number of aromatic nitrogens is 1. The number of para-hydroxylation sites is 1. The van der Waals surface area contributed by atoms with E-state index in [0.717, 1.165) is 6.42 Å². The molecule has 0 saturated heterocycles. The maximum atomic E-state index is 4.56. The third-order valence-corrected chi connectivity index (χ3v) is 3.67. The van der Waals surface area contributed by atoms with Crippen LogP contribution in [0, 0.1) is 6.92 Å². The van der Waals surface area contributed by atoms with E-state index in [9.17, 15) is 0 Å². The molecule has 0 bridgehead atoms. The first-order chi connectivity index (χ1) is 8.84. The largest absolute Gasteiger partial charge is 0.376 e. The molecule has 18 heavy (non-hydrogen) atoms. The zero-order valence-electron chi connectivity index (χ0n) is 10.7. The molecule has 0 saturated carbocycles.